The van der Waals surface area contributed by atoms with Crippen LogP contribution in [-0.2, 0) is 14.4 Å². The number of hydrogen-bond donors (Lipinski definition) is 2. The van der Waals surface area contributed by atoms with Gasteiger partial charge in [0.05, 0.1) is 18.6 Å². The van der Waals surface area contributed by atoms with Gasteiger partial charge in [-0.3, -0.25) is 9.63 Å². The first-order chi connectivity index (χ1) is 8.26. The van der Waals surface area contributed by atoms with Crippen LogP contribution in [0.5, 0.6) is 0 Å². The van der Waals surface area contributed by atoms with Crippen molar-refractivity contribution in [2.24, 2.45) is 5.92 Å². The molecular formula is C11H20N2O5. The molecule has 2 atom stereocenters. The van der Waals surface area contributed by atoms with Gasteiger partial charge in [-0.15, -0.1) is 0 Å². The monoisotopic (exact) mass is 260 g/mol. The van der Waals surface area contributed by atoms with Gasteiger partial charge in [0.2, 0.25) is 0 Å². The number of hydroxylamine groups is 1. The van der Waals surface area contributed by atoms with E-state index >= 15 is 0 Å². The van der Waals surface area contributed by atoms with Gasteiger partial charge >= 0.3 is 12.1 Å². The Bertz CT molecular complexity index is 326. The first-order valence-electron chi connectivity index (χ1n) is 5.77. The quantitative estimate of drug-likeness (QED) is 0.714. The highest BCUT2D eigenvalue weighted by Crippen LogP contribution is 2.27. The molecule has 7 heteroatoms. The van der Waals surface area contributed by atoms with Crippen molar-refractivity contribution in [1.29, 1.82) is 0 Å². The Labute approximate surface area is 106 Å². The number of likely N-dealkylation sites (tertiary alicyclic amines) is 1. The fraction of sp³-hybridized carbons (Fsp3) is 0.818. The number of aliphatic carboxylic acids is 1. The lowest BCUT2D eigenvalue weighted by molar-refractivity contribution is -0.155. The van der Waals surface area contributed by atoms with Gasteiger partial charge in [0.1, 0.15) is 5.60 Å². The Morgan fingerprint density at radius 1 is 1.44 bits per heavy atom. The van der Waals surface area contributed by atoms with Gasteiger partial charge in [-0.25, -0.2) is 10.3 Å². The zero-order valence-corrected chi connectivity index (χ0v) is 11.1. The SMILES string of the molecule is CNOCC1C(C(=O)O)CN1C(=O)OC(C)(C)C. The highest BCUT2D eigenvalue weighted by Gasteiger charge is 2.47. The average Bonchev–Trinajstić information content (AvgIpc) is 2.12. The van der Waals surface area contributed by atoms with Crippen molar-refractivity contribution in [2.45, 2.75) is 32.4 Å². The molecule has 104 valence electrons. The maximum atomic E-state index is 11.8. The molecule has 0 saturated carbocycles. The molecule has 0 aromatic heterocycles. The van der Waals surface area contributed by atoms with E-state index in [2.05, 4.69) is 5.48 Å². The third kappa shape index (κ3) is 3.58. The Morgan fingerprint density at radius 3 is 2.50 bits per heavy atom. The minimum Gasteiger partial charge on any atom is -0.481 e. The lowest BCUT2D eigenvalue weighted by Crippen LogP contribution is -2.64. The van der Waals surface area contributed by atoms with E-state index in [0.29, 0.717) is 0 Å². The van der Waals surface area contributed by atoms with Crippen LogP contribution in [0.1, 0.15) is 20.8 Å². The van der Waals surface area contributed by atoms with Gasteiger partial charge in [-0.1, -0.05) is 0 Å². The normalized spacial score (nSPS) is 23.4. The van der Waals surface area contributed by atoms with E-state index in [1.807, 2.05) is 0 Å². The van der Waals surface area contributed by atoms with Crippen molar-refractivity contribution in [1.82, 2.24) is 10.4 Å². The molecule has 1 rings (SSSR count). The van der Waals surface area contributed by atoms with Gasteiger partial charge in [0.15, 0.2) is 0 Å². The van der Waals surface area contributed by atoms with Crippen molar-refractivity contribution < 1.29 is 24.3 Å². The predicted octanol–water partition coefficient (Wildman–Crippen LogP) is 0.457. The summed E-state index contributed by atoms with van der Waals surface area (Å²) in [7, 11) is 1.58. The van der Waals surface area contributed by atoms with Crippen molar-refractivity contribution in [3.05, 3.63) is 0 Å². The van der Waals surface area contributed by atoms with Crippen LogP contribution in [0.4, 0.5) is 4.79 Å². The molecule has 1 heterocycles. The molecule has 7 nitrogen and oxygen atoms in total. The second-order valence-corrected chi connectivity index (χ2v) is 5.16. The van der Waals surface area contributed by atoms with Crippen LogP contribution in [0.3, 0.4) is 0 Å². The molecule has 0 radical (unpaired) electrons. The fourth-order valence-electron chi connectivity index (χ4n) is 1.70. The van der Waals surface area contributed by atoms with Crippen molar-refractivity contribution in [2.75, 3.05) is 20.2 Å². The highest BCUT2D eigenvalue weighted by molar-refractivity contribution is 5.78. The number of ether oxygens (including phenoxy) is 1. The molecule has 1 saturated heterocycles. The fourth-order valence-corrected chi connectivity index (χ4v) is 1.70. The Kier molecular flexibility index (Phi) is 4.53. The molecule has 1 aliphatic rings. The zero-order chi connectivity index (χ0) is 13.9. The van der Waals surface area contributed by atoms with Gasteiger partial charge in [0, 0.05) is 13.6 Å². The topological polar surface area (TPSA) is 88.1 Å². The van der Waals surface area contributed by atoms with Crippen molar-refractivity contribution in [3.8, 4) is 0 Å². The van der Waals surface area contributed by atoms with Crippen LogP contribution in [0.2, 0.25) is 0 Å². The van der Waals surface area contributed by atoms with Crippen LogP contribution in [0.25, 0.3) is 0 Å². The third-order valence-corrected chi connectivity index (χ3v) is 2.60. The maximum Gasteiger partial charge on any atom is 0.410 e. The summed E-state index contributed by atoms with van der Waals surface area (Å²) in [5.74, 6) is -1.54. The Balaban J connectivity index is 2.60. The zero-order valence-electron chi connectivity index (χ0n) is 11.1. The number of carboxylic acids is 1. The minimum absolute atomic E-state index is 0.118. The average molecular weight is 260 g/mol. The smallest absolute Gasteiger partial charge is 0.410 e. The molecular weight excluding hydrogens is 240 g/mol. The number of hydrogen-bond acceptors (Lipinski definition) is 5. The van der Waals surface area contributed by atoms with Crippen molar-refractivity contribution >= 4 is 12.1 Å². The highest BCUT2D eigenvalue weighted by atomic mass is 16.6. The molecule has 1 fully saturated rings. The summed E-state index contributed by atoms with van der Waals surface area (Å²) in [5, 5.41) is 8.98. The van der Waals surface area contributed by atoms with E-state index in [9.17, 15) is 9.59 Å². The summed E-state index contributed by atoms with van der Waals surface area (Å²) in [5.41, 5.74) is 1.86. The molecule has 0 bridgehead atoms. The van der Waals surface area contributed by atoms with E-state index in [1.165, 1.54) is 4.90 Å². The molecule has 1 amide bonds. The Hall–Kier alpha value is -1.34. The first kappa shape index (κ1) is 14.7. The summed E-state index contributed by atoms with van der Waals surface area (Å²) < 4.78 is 5.20. The largest absolute Gasteiger partial charge is 0.481 e. The number of nitrogens with one attached hydrogen (secondary N) is 1. The summed E-state index contributed by atoms with van der Waals surface area (Å²) in [6.45, 7) is 5.56. The van der Waals surface area contributed by atoms with E-state index < -0.39 is 29.6 Å². The van der Waals surface area contributed by atoms with Gasteiger partial charge in [0.25, 0.3) is 0 Å². The van der Waals surface area contributed by atoms with Gasteiger partial charge in [-0.05, 0) is 20.8 Å². The summed E-state index contributed by atoms with van der Waals surface area (Å²) in [6.07, 6.45) is -0.510. The van der Waals surface area contributed by atoms with Gasteiger partial charge in [-0.2, -0.15) is 0 Å². The molecule has 2 unspecified atom stereocenters. The number of rotatable bonds is 4. The van der Waals surface area contributed by atoms with Crippen LogP contribution >= 0.6 is 0 Å². The molecule has 2 N–H and O–H groups in total. The maximum absolute atomic E-state index is 11.8. The van der Waals surface area contributed by atoms with Crippen molar-refractivity contribution in [3.63, 3.8) is 0 Å². The first-order valence-corrected chi connectivity index (χ1v) is 5.77. The summed E-state index contributed by atoms with van der Waals surface area (Å²) in [4.78, 5) is 29.1. The predicted molar refractivity (Wildman–Crippen MR) is 62.9 cm³/mol. The second-order valence-electron chi connectivity index (χ2n) is 5.16. The molecule has 18 heavy (non-hydrogen) atoms. The molecule has 0 aromatic carbocycles. The standard InChI is InChI=1S/C11H20N2O5/c1-11(2,3)18-10(16)13-5-7(9(14)15)8(13)6-17-12-4/h7-8,12H,5-6H2,1-4H3,(H,14,15). The lowest BCUT2D eigenvalue weighted by Gasteiger charge is -2.45. The van der Waals surface area contributed by atoms with Crippen LogP contribution in [-0.4, -0.2) is 53.9 Å². The number of carbonyl (C=O) groups is 2. The summed E-state index contributed by atoms with van der Waals surface area (Å²) >= 11 is 0. The van der Waals surface area contributed by atoms with E-state index in [0.717, 1.165) is 0 Å². The number of carbonyl (C=O) groups excluding carboxylic acids is 1. The Morgan fingerprint density at radius 2 is 2.06 bits per heavy atom. The molecule has 1 aliphatic heterocycles. The van der Waals surface area contributed by atoms with Gasteiger partial charge < -0.3 is 14.7 Å². The lowest BCUT2D eigenvalue weighted by atomic mass is 9.90. The third-order valence-electron chi connectivity index (χ3n) is 2.60. The van der Waals surface area contributed by atoms with E-state index in [4.69, 9.17) is 14.7 Å². The second kappa shape index (κ2) is 5.53. The summed E-state index contributed by atoms with van der Waals surface area (Å²) in [6, 6.07) is -0.496. The number of carboxylic acid groups (broad SMARTS) is 1. The minimum atomic E-state index is -0.931. The molecule has 0 aromatic rings. The van der Waals surface area contributed by atoms with Crippen LogP contribution < -0.4 is 5.48 Å². The molecule has 0 spiro atoms. The molecule has 0 aliphatic carbocycles. The number of nitrogens with zero attached hydrogens (tertiary/aromatic N) is 1. The van der Waals surface area contributed by atoms with E-state index in [1.54, 1.807) is 27.8 Å². The van der Waals surface area contributed by atoms with E-state index in [-0.39, 0.29) is 13.2 Å². The number of amides is 1. The van der Waals surface area contributed by atoms with Crippen LogP contribution in [0, 0.1) is 5.92 Å². The van der Waals surface area contributed by atoms with Crippen LogP contribution in [0.15, 0.2) is 0 Å².